The maximum Gasteiger partial charge on any atom is 0.415 e. The molecule has 1 saturated heterocycles. The Bertz CT molecular complexity index is 1160. The lowest BCUT2D eigenvalue weighted by Crippen LogP contribution is -2.41. The van der Waals surface area contributed by atoms with Gasteiger partial charge in [-0.25, -0.2) is 4.79 Å². The fourth-order valence-corrected chi connectivity index (χ4v) is 3.55. The van der Waals surface area contributed by atoms with E-state index >= 15 is 0 Å². The van der Waals surface area contributed by atoms with E-state index in [1.54, 1.807) is 36.4 Å². The SMILES string of the molecule is COc1cc(/C=C/C(=O)CC(=O)/C=C/c2ccc(OC(=O)N3CCC(O)CC3)c(OC)c2)ccc1O. The summed E-state index contributed by atoms with van der Waals surface area (Å²) in [6.07, 6.45) is 5.48. The summed E-state index contributed by atoms with van der Waals surface area (Å²) in [4.78, 5) is 38.3. The summed E-state index contributed by atoms with van der Waals surface area (Å²) in [5.41, 5.74) is 1.27. The Balaban J connectivity index is 1.56. The Morgan fingerprint density at radius 2 is 1.44 bits per heavy atom. The maximum absolute atomic E-state index is 12.4. The number of nitrogens with zero attached hydrogens (tertiary/aromatic N) is 1. The highest BCUT2D eigenvalue weighted by molar-refractivity contribution is 6.10. The predicted molar refractivity (Wildman–Crippen MR) is 133 cm³/mol. The molecule has 2 aromatic carbocycles. The fraction of sp³-hybridized carbons (Fsp3) is 0.296. The summed E-state index contributed by atoms with van der Waals surface area (Å²) in [5.74, 6) is 0.0797. The highest BCUT2D eigenvalue weighted by Gasteiger charge is 2.23. The van der Waals surface area contributed by atoms with E-state index in [4.69, 9.17) is 14.2 Å². The second kappa shape index (κ2) is 12.6. The molecular weight excluding hydrogens is 466 g/mol. The molecule has 0 radical (unpaired) electrons. The Morgan fingerprint density at radius 1 is 0.889 bits per heavy atom. The van der Waals surface area contributed by atoms with Gasteiger partial charge in [0.05, 0.1) is 26.7 Å². The van der Waals surface area contributed by atoms with Gasteiger partial charge in [-0.05, 0) is 60.4 Å². The number of hydrogen-bond acceptors (Lipinski definition) is 8. The van der Waals surface area contributed by atoms with Crippen LogP contribution in [0.1, 0.15) is 30.4 Å². The zero-order valence-electron chi connectivity index (χ0n) is 20.2. The van der Waals surface area contributed by atoms with Crippen LogP contribution in [-0.2, 0) is 9.59 Å². The number of aliphatic hydroxyl groups is 1. The van der Waals surface area contributed by atoms with Gasteiger partial charge >= 0.3 is 6.09 Å². The van der Waals surface area contributed by atoms with Crippen molar-refractivity contribution in [3.05, 3.63) is 59.7 Å². The van der Waals surface area contributed by atoms with E-state index in [-0.39, 0.29) is 35.2 Å². The number of rotatable bonds is 9. The van der Waals surface area contributed by atoms with Crippen LogP contribution in [-0.4, -0.2) is 66.2 Å². The number of aromatic hydroxyl groups is 1. The topological polar surface area (TPSA) is 123 Å². The van der Waals surface area contributed by atoms with Crippen LogP contribution in [0.3, 0.4) is 0 Å². The molecule has 2 aromatic rings. The van der Waals surface area contributed by atoms with Gasteiger partial charge in [-0.3, -0.25) is 9.59 Å². The number of benzene rings is 2. The Hall–Kier alpha value is -4.11. The molecule has 0 saturated carbocycles. The molecule has 36 heavy (non-hydrogen) atoms. The van der Waals surface area contributed by atoms with Crippen LogP contribution in [0.15, 0.2) is 48.6 Å². The lowest BCUT2D eigenvalue weighted by molar-refractivity contribution is -0.121. The van der Waals surface area contributed by atoms with Crippen LogP contribution in [0.5, 0.6) is 23.0 Å². The molecule has 0 aliphatic carbocycles. The van der Waals surface area contributed by atoms with Crippen molar-refractivity contribution in [2.24, 2.45) is 0 Å². The van der Waals surface area contributed by atoms with E-state index in [0.29, 0.717) is 42.8 Å². The summed E-state index contributed by atoms with van der Waals surface area (Å²) < 4.78 is 15.8. The van der Waals surface area contributed by atoms with Crippen LogP contribution >= 0.6 is 0 Å². The van der Waals surface area contributed by atoms with Crippen molar-refractivity contribution in [1.82, 2.24) is 4.90 Å². The lowest BCUT2D eigenvalue weighted by atomic mass is 10.1. The molecular formula is C27H29NO8. The summed E-state index contributed by atoms with van der Waals surface area (Å²) in [6.45, 7) is 0.838. The van der Waals surface area contributed by atoms with Crippen molar-refractivity contribution in [3.63, 3.8) is 0 Å². The van der Waals surface area contributed by atoms with E-state index in [9.17, 15) is 24.6 Å². The molecule has 0 unspecified atom stereocenters. The van der Waals surface area contributed by atoms with Gasteiger partial charge in [-0.2, -0.15) is 0 Å². The second-order valence-electron chi connectivity index (χ2n) is 8.20. The smallest absolute Gasteiger partial charge is 0.415 e. The number of phenols is 1. The van der Waals surface area contributed by atoms with Gasteiger partial charge in [0.15, 0.2) is 34.6 Å². The molecule has 0 bridgehead atoms. The van der Waals surface area contributed by atoms with Gasteiger partial charge in [-0.1, -0.05) is 24.3 Å². The van der Waals surface area contributed by atoms with E-state index in [2.05, 4.69) is 0 Å². The number of hydrogen-bond donors (Lipinski definition) is 2. The number of methoxy groups -OCH3 is 2. The summed E-state index contributed by atoms with van der Waals surface area (Å²) in [5, 5.41) is 19.2. The van der Waals surface area contributed by atoms with Crippen molar-refractivity contribution in [1.29, 1.82) is 0 Å². The fourth-order valence-electron chi connectivity index (χ4n) is 3.55. The molecule has 1 amide bonds. The Labute approximate surface area is 209 Å². The number of amides is 1. The number of carbonyl (C=O) groups is 3. The minimum absolute atomic E-state index is 0.00754. The molecule has 2 N–H and O–H groups in total. The average molecular weight is 496 g/mol. The van der Waals surface area contributed by atoms with Gasteiger partial charge < -0.3 is 29.3 Å². The highest BCUT2D eigenvalue weighted by Crippen LogP contribution is 2.30. The number of carbonyl (C=O) groups excluding carboxylic acids is 3. The minimum atomic E-state index is -0.518. The second-order valence-corrected chi connectivity index (χ2v) is 8.20. The molecule has 0 atom stereocenters. The predicted octanol–water partition coefficient (Wildman–Crippen LogP) is 3.62. The highest BCUT2D eigenvalue weighted by atomic mass is 16.6. The number of piperidine rings is 1. The molecule has 3 rings (SSSR count). The molecule has 1 fully saturated rings. The first-order chi connectivity index (χ1) is 17.3. The van der Waals surface area contributed by atoms with Crippen LogP contribution in [0, 0.1) is 0 Å². The first-order valence-corrected chi connectivity index (χ1v) is 11.4. The Kier molecular flexibility index (Phi) is 9.24. The van der Waals surface area contributed by atoms with Crippen LogP contribution in [0.25, 0.3) is 12.2 Å². The third kappa shape index (κ3) is 7.44. The standard InChI is InChI=1S/C27H29NO8/c1-34-25-15-18(5-9-23(25)32)3-7-21(30)17-22(31)8-4-19-6-10-24(26(16-19)35-2)36-27(33)28-13-11-20(29)12-14-28/h3-10,15-16,20,29,32H,11-14,17H2,1-2H3/b7-3+,8-4+. The van der Waals surface area contributed by atoms with Crippen molar-refractivity contribution in [3.8, 4) is 23.0 Å². The Morgan fingerprint density at radius 3 is 2.03 bits per heavy atom. The van der Waals surface area contributed by atoms with Gasteiger partial charge in [-0.15, -0.1) is 0 Å². The van der Waals surface area contributed by atoms with E-state index in [1.807, 2.05) is 0 Å². The van der Waals surface area contributed by atoms with E-state index in [1.165, 1.54) is 43.4 Å². The van der Waals surface area contributed by atoms with Gasteiger partial charge in [0.2, 0.25) is 0 Å². The van der Waals surface area contributed by atoms with Crippen molar-refractivity contribution in [2.45, 2.75) is 25.4 Å². The molecule has 1 aliphatic rings. The third-order valence-corrected chi connectivity index (χ3v) is 5.58. The lowest BCUT2D eigenvalue weighted by Gasteiger charge is -2.28. The minimum Gasteiger partial charge on any atom is -0.504 e. The number of aliphatic hydroxyl groups excluding tert-OH is 1. The average Bonchev–Trinajstić information content (AvgIpc) is 2.87. The third-order valence-electron chi connectivity index (χ3n) is 5.58. The van der Waals surface area contributed by atoms with Crippen molar-refractivity contribution in [2.75, 3.05) is 27.3 Å². The molecule has 190 valence electrons. The van der Waals surface area contributed by atoms with Crippen LogP contribution < -0.4 is 14.2 Å². The van der Waals surface area contributed by atoms with Gasteiger partial charge in [0, 0.05) is 13.1 Å². The van der Waals surface area contributed by atoms with Crippen LogP contribution in [0.2, 0.25) is 0 Å². The number of likely N-dealkylation sites (tertiary alicyclic amines) is 1. The molecule has 1 heterocycles. The number of allylic oxidation sites excluding steroid dienone is 2. The number of phenolic OH excluding ortho intramolecular Hbond substituents is 1. The van der Waals surface area contributed by atoms with Gasteiger partial charge in [0.1, 0.15) is 0 Å². The first kappa shape index (κ1) is 26.5. The van der Waals surface area contributed by atoms with Gasteiger partial charge in [0.25, 0.3) is 0 Å². The number of ether oxygens (including phenoxy) is 3. The summed E-state index contributed by atoms with van der Waals surface area (Å²) >= 11 is 0. The quantitative estimate of drug-likeness (QED) is 0.400. The normalized spacial score (nSPS) is 14.2. The molecule has 1 aliphatic heterocycles. The van der Waals surface area contributed by atoms with E-state index in [0.717, 1.165) is 0 Å². The summed E-state index contributed by atoms with van der Waals surface area (Å²) in [7, 11) is 2.87. The number of ketones is 2. The first-order valence-electron chi connectivity index (χ1n) is 11.4. The van der Waals surface area contributed by atoms with E-state index < -0.39 is 12.2 Å². The molecule has 9 heteroatoms. The largest absolute Gasteiger partial charge is 0.504 e. The summed E-state index contributed by atoms with van der Waals surface area (Å²) in [6, 6.07) is 9.50. The zero-order chi connectivity index (χ0) is 26.1. The van der Waals surface area contributed by atoms with Crippen molar-refractivity contribution >= 4 is 29.8 Å². The zero-order valence-corrected chi connectivity index (χ0v) is 20.2. The molecule has 0 spiro atoms. The van der Waals surface area contributed by atoms with Crippen molar-refractivity contribution < 1.29 is 38.8 Å². The maximum atomic E-state index is 12.4. The molecule has 0 aromatic heterocycles. The monoisotopic (exact) mass is 495 g/mol. The molecule has 9 nitrogen and oxygen atoms in total. The van der Waals surface area contributed by atoms with Crippen LogP contribution in [0.4, 0.5) is 4.79 Å².